The van der Waals surface area contributed by atoms with Crippen LogP contribution in [0.25, 0.3) is 0 Å². The SMILES string of the molecule is Nc1ccccc1NC(=O)c1ccc(CNc2nccc(C3CC(CO)=NO3)n2)cc1. The van der Waals surface area contributed by atoms with Crippen LogP contribution in [0.15, 0.2) is 65.9 Å². The Morgan fingerprint density at radius 1 is 1.16 bits per heavy atom. The highest BCUT2D eigenvalue weighted by molar-refractivity contribution is 6.05. The summed E-state index contributed by atoms with van der Waals surface area (Å²) in [6.45, 7) is 0.361. The number of nitrogens with one attached hydrogen (secondary N) is 2. The number of anilines is 3. The van der Waals surface area contributed by atoms with E-state index in [1.54, 1.807) is 36.5 Å². The van der Waals surface area contributed by atoms with E-state index in [1.165, 1.54) is 0 Å². The fourth-order valence-electron chi connectivity index (χ4n) is 3.08. The van der Waals surface area contributed by atoms with Crippen molar-refractivity contribution in [3.8, 4) is 0 Å². The van der Waals surface area contributed by atoms with Gasteiger partial charge in [-0.1, -0.05) is 29.4 Å². The monoisotopic (exact) mass is 418 g/mol. The molecule has 0 fully saturated rings. The van der Waals surface area contributed by atoms with Crippen LogP contribution in [0.1, 0.15) is 34.1 Å². The molecule has 1 aliphatic rings. The van der Waals surface area contributed by atoms with E-state index in [0.717, 1.165) is 5.56 Å². The largest absolute Gasteiger partial charge is 0.397 e. The van der Waals surface area contributed by atoms with Gasteiger partial charge in [0.15, 0.2) is 6.10 Å². The van der Waals surface area contributed by atoms with Crippen molar-refractivity contribution in [1.29, 1.82) is 0 Å². The molecule has 1 aliphatic heterocycles. The number of carbonyl (C=O) groups excluding carboxylic acids is 1. The molecular formula is C22H22N6O3. The van der Waals surface area contributed by atoms with Crippen molar-refractivity contribution in [2.24, 2.45) is 5.16 Å². The highest BCUT2D eigenvalue weighted by Gasteiger charge is 2.23. The molecule has 2 heterocycles. The van der Waals surface area contributed by atoms with Crippen molar-refractivity contribution in [2.75, 3.05) is 23.0 Å². The van der Waals surface area contributed by atoms with Gasteiger partial charge in [-0.3, -0.25) is 4.79 Å². The number of aliphatic hydroxyl groups is 1. The first-order valence-electron chi connectivity index (χ1n) is 9.76. The van der Waals surface area contributed by atoms with Gasteiger partial charge in [0.1, 0.15) is 0 Å². The maximum Gasteiger partial charge on any atom is 0.255 e. The average Bonchev–Trinajstić information content (AvgIpc) is 3.29. The van der Waals surface area contributed by atoms with Crippen LogP contribution >= 0.6 is 0 Å². The quantitative estimate of drug-likeness (QED) is 0.433. The molecule has 0 aliphatic carbocycles. The predicted octanol–water partition coefficient (Wildman–Crippen LogP) is 2.73. The average molecular weight is 418 g/mol. The molecule has 9 nitrogen and oxygen atoms in total. The summed E-state index contributed by atoms with van der Waals surface area (Å²) in [5.41, 5.74) is 9.75. The molecule has 1 amide bonds. The molecule has 0 bridgehead atoms. The first kappa shape index (κ1) is 20.3. The molecule has 4 rings (SSSR count). The summed E-state index contributed by atoms with van der Waals surface area (Å²) < 4.78 is 0. The summed E-state index contributed by atoms with van der Waals surface area (Å²) in [5, 5.41) is 19.0. The number of rotatable bonds is 7. The Labute approximate surface area is 179 Å². The van der Waals surface area contributed by atoms with Crippen LogP contribution in [-0.2, 0) is 11.4 Å². The third-order valence-corrected chi connectivity index (χ3v) is 4.80. The van der Waals surface area contributed by atoms with Gasteiger partial charge >= 0.3 is 0 Å². The van der Waals surface area contributed by atoms with E-state index >= 15 is 0 Å². The second-order valence-corrected chi connectivity index (χ2v) is 7.01. The second kappa shape index (κ2) is 9.23. The number of para-hydroxylation sites is 2. The first-order chi connectivity index (χ1) is 15.1. The summed E-state index contributed by atoms with van der Waals surface area (Å²) in [5.74, 6) is 0.231. The van der Waals surface area contributed by atoms with Crippen molar-refractivity contribution in [3.63, 3.8) is 0 Å². The van der Waals surface area contributed by atoms with E-state index in [9.17, 15) is 4.79 Å². The zero-order valence-corrected chi connectivity index (χ0v) is 16.7. The van der Waals surface area contributed by atoms with E-state index in [2.05, 4.69) is 25.8 Å². The van der Waals surface area contributed by atoms with Crippen LogP contribution < -0.4 is 16.4 Å². The summed E-state index contributed by atoms with van der Waals surface area (Å²) >= 11 is 0. The highest BCUT2D eigenvalue weighted by atomic mass is 16.6. The molecule has 158 valence electrons. The molecule has 0 saturated carbocycles. The van der Waals surface area contributed by atoms with Crippen molar-refractivity contribution >= 4 is 28.9 Å². The molecule has 3 aromatic rings. The van der Waals surface area contributed by atoms with Crippen molar-refractivity contribution in [1.82, 2.24) is 9.97 Å². The molecule has 1 unspecified atom stereocenters. The molecule has 2 aromatic carbocycles. The van der Waals surface area contributed by atoms with Crippen molar-refractivity contribution in [3.05, 3.63) is 77.6 Å². The fraction of sp³-hybridized carbons (Fsp3) is 0.182. The summed E-state index contributed by atoms with van der Waals surface area (Å²) in [7, 11) is 0. The molecule has 31 heavy (non-hydrogen) atoms. The van der Waals surface area contributed by atoms with Gasteiger partial charge in [0.05, 0.1) is 29.4 Å². The number of nitrogen functional groups attached to an aromatic ring is 1. The molecule has 5 N–H and O–H groups in total. The third kappa shape index (κ3) is 4.96. The number of aliphatic hydroxyl groups excluding tert-OH is 1. The Kier molecular flexibility index (Phi) is 6.04. The molecular weight excluding hydrogens is 396 g/mol. The minimum absolute atomic E-state index is 0.126. The van der Waals surface area contributed by atoms with Gasteiger partial charge in [0, 0.05) is 24.7 Å². The van der Waals surface area contributed by atoms with E-state index < -0.39 is 0 Å². The fourth-order valence-corrected chi connectivity index (χ4v) is 3.08. The number of oxime groups is 1. The van der Waals surface area contributed by atoms with Crippen LogP contribution in [-0.4, -0.2) is 33.3 Å². The first-order valence-corrected chi connectivity index (χ1v) is 9.76. The Hall–Kier alpha value is -3.98. The number of hydrogen-bond acceptors (Lipinski definition) is 8. The summed E-state index contributed by atoms with van der Waals surface area (Å²) in [4.78, 5) is 26.4. The van der Waals surface area contributed by atoms with Gasteiger partial charge in [0.25, 0.3) is 5.91 Å². The highest BCUT2D eigenvalue weighted by Crippen LogP contribution is 2.26. The lowest BCUT2D eigenvalue weighted by Crippen LogP contribution is -2.13. The van der Waals surface area contributed by atoms with Gasteiger partial charge in [-0.05, 0) is 35.9 Å². The standard InChI is InChI=1S/C22H22N6O3/c23-17-3-1-2-4-18(17)26-21(30)15-7-5-14(6-8-15)12-25-22-24-10-9-19(27-22)20-11-16(13-29)28-31-20/h1-10,20,29H,11-13,23H2,(H,26,30)(H,24,25,27). The smallest absolute Gasteiger partial charge is 0.255 e. The van der Waals surface area contributed by atoms with Gasteiger partial charge in [0.2, 0.25) is 5.95 Å². The number of nitrogens with zero attached hydrogens (tertiary/aromatic N) is 3. The van der Waals surface area contributed by atoms with Gasteiger partial charge in [-0.25, -0.2) is 9.97 Å². The molecule has 0 radical (unpaired) electrons. The van der Waals surface area contributed by atoms with Gasteiger partial charge < -0.3 is 26.3 Å². The number of benzene rings is 2. The van der Waals surface area contributed by atoms with Crippen LogP contribution in [0.2, 0.25) is 0 Å². The van der Waals surface area contributed by atoms with Crippen molar-refractivity contribution < 1.29 is 14.7 Å². The van der Waals surface area contributed by atoms with Crippen LogP contribution in [0.4, 0.5) is 17.3 Å². The number of hydrogen-bond donors (Lipinski definition) is 4. The van der Waals surface area contributed by atoms with E-state index in [1.807, 2.05) is 24.3 Å². The zero-order chi connectivity index (χ0) is 21.6. The number of nitrogens with two attached hydrogens (primary N) is 1. The topological polar surface area (TPSA) is 135 Å². The third-order valence-electron chi connectivity index (χ3n) is 4.80. The zero-order valence-electron chi connectivity index (χ0n) is 16.7. The number of carbonyl (C=O) groups is 1. The van der Waals surface area contributed by atoms with E-state index in [0.29, 0.717) is 47.3 Å². The normalized spacial score (nSPS) is 15.1. The van der Waals surface area contributed by atoms with Crippen LogP contribution in [0.3, 0.4) is 0 Å². The minimum atomic E-state index is -0.317. The van der Waals surface area contributed by atoms with E-state index in [4.69, 9.17) is 15.7 Å². The lowest BCUT2D eigenvalue weighted by Gasteiger charge is -2.10. The molecule has 1 atom stereocenters. The maximum atomic E-state index is 12.4. The maximum absolute atomic E-state index is 12.4. The summed E-state index contributed by atoms with van der Waals surface area (Å²) in [6, 6.07) is 16.1. The number of aromatic nitrogens is 2. The Morgan fingerprint density at radius 3 is 2.71 bits per heavy atom. The molecule has 0 spiro atoms. The second-order valence-electron chi connectivity index (χ2n) is 7.01. The van der Waals surface area contributed by atoms with Gasteiger partial charge in [-0.15, -0.1) is 0 Å². The lowest BCUT2D eigenvalue weighted by molar-refractivity contribution is 0.0825. The Bertz CT molecular complexity index is 1100. The molecule has 9 heteroatoms. The van der Waals surface area contributed by atoms with Gasteiger partial charge in [-0.2, -0.15) is 0 Å². The number of amides is 1. The molecule has 1 aromatic heterocycles. The van der Waals surface area contributed by atoms with E-state index in [-0.39, 0.29) is 18.6 Å². The van der Waals surface area contributed by atoms with Crippen LogP contribution in [0.5, 0.6) is 0 Å². The predicted molar refractivity (Wildman–Crippen MR) is 118 cm³/mol. The Balaban J connectivity index is 1.34. The lowest BCUT2D eigenvalue weighted by atomic mass is 10.1. The van der Waals surface area contributed by atoms with Crippen LogP contribution in [0, 0.1) is 0 Å². The molecule has 0 saturated heterocycles. The minimum Gasteiger partial charge on any atom is -0.397 e. The van der Waals surface area contributed by atoms with Crippen molar-refractivity contribution in [2.45, 2.75) is 19.1 Å². The Morgan fingerprint density at radius 2 is 1.97 bits per heavy atom. The summed E-state index contributed by atoms with van der Waals surface area (Å²) in [6.07, 6.45) is 1.83.